The van der Waals surface area contributed by atoms with Gasteiger partial charge in [0, 0.05) is 19.0 Å². The maximum absolute atomic E-state index is 8.53. The second-order valence-electron chi connectivity index (χ2n) is 5.42. The normalized spacial score (nSPS) is 15.5. The Morgan fingerprint density at radius 3 is 2.38 bits per heavy atom. The molecule has 0 amide bonds. The molecule has 0 rings (SSSR count). The zero-order valence-electron chi connectivity index (χ0n) is 11.2. The average Bonchev–Trinajstić information content (AvgIpc) is 2.23. The van der Waals surface area contributed by atoms with Crippen LogP contribution in [0.1, 0.15) is 47.5 Å². The van der Waals surface area contributed by atoms with Crippen molar-refractivity contribution in [1.29, 1.82) is 0 Å². The van der Waals surface area contributed by atoms with Crippen LogP contribution in [-0.4, -0.2) is 23.6 Å². The quantitative estimate of drug-likeness (QED) is 0.271. The zero-order valence-corrected chi connectivity index (χ0v) is 11.2. The SMILES string of the molecule is CCC(CC(N)=NO)NCC(C)(C)C(C)C. The molecule has 0 bridgehead atoms. The van der Waals surface area contributed by atoms with Gasteiger partial charge in [0.2, 0.25) is 0 Å². The molecule has 0 aromatic heterocycles. The van der Waals surface area contributed by atoms with E-state index in [0.29, 0.717) is 18.2 Å². The average molecular weight is 229 g/mol. The summed E-state index contributed by atoms with van der Waals surface area (Å²) in [5.74, 6) is 0.920. The van der Waals surface area contributed by atoms with Crippen molar-refractivity contribution < 1.29 is 5.21 Å². The van der Waals surface area contributed by atoms with Crippen LogP contribution < -0.4 is 11.1 Å². The van der Waals surface area contributed by atoms with Gasteiger partial charge in [-0.25, -0.2) is 0 Å². The summed E-state index contributed by atoms with van der Waals surface area (Å²) in [6.45, 7) is 12.0. The van der Waals surface area contributed by atoms with Crippen LogP contribution in [0.3, 0.4) is 0 Å². The molecular weight excluding hydrogens is 202 g/mol. The molecule has 0 aliphatic rings. The Kier molecular flexibility index (Phi) is 6.41. The maximum atomic E-state index is 8.53. The Bertz CT molecular complexity index is 224. The van der Waals surface area contributed by atoms with Crippen molar-refractivity contribution in [2.75, 3.05) is 6.54 Å². The van der Waals surface area contributed by atoms with E-state index in [2.05, 4.69) is 45.1 Å². The third-order valence-corrected chi connectivity index (χ3v) is 3.49. The lowest BCUT2D eigenvalue weighted by molar-refractivity contribution is 0.227. The number of rotatable bonds is 7. The van der Waals surface area contributed by atoms with E-state index in [1.807, 2.05) is 0 Å². The van der Waals surface area contributed by atoms with Gasteiger partial charge in [-0.1, -0.05) is 39.8 Å². The van der Waals surface area contributed by atoms with Crippen LogP contribution in [-0.2, 0) is 0 Å². The molecule has 0 radical (unpaired) electrons. The van der Waals surface area contributed by atoms with Crippen LogP contribution in [0.5, 0.6) is 0 Å². The maximum Gasteiger partial charge on any atom is 0.140 e. The van der Waals surface area contributed by atoms with Crippen molar-refractivity contribution in [1.82, 2.24) is 5.32 Å². The summed E-state index contributed by atoms with van der Waals surface area (Å²) in [6, 6.07) is 0.286. The third-order valence-electron chi connectivity index (χ3n) is 3.49. The third kappa shape index (κ3) is 5.35. The van der Waals surface area contributed by atoms with Crippen LogP contribution in [0.2, 0.25) is 0 Å². The lowest BCUT2D eigenvalue weighted by atomic mass is 9.81. The predicted octanol–water partition coefficient (Wildman–Crippen LogP) is 2.17. The molecule has 0 spiro atoms. The number of oxime groups is 1. The number of nitrogens with one attached hydrogen (secondary N) is 1. The topological polar surface area (TPSA) is 70.6 Å². The fourth-order valence-corrected chi connectivity index (χ4v) is 1.27. The van der Waals surface area contributed by atoms with Gasteiger partial charge in [0.05, 0.1) is 0 Å². The molecule has 4 heteroatoms. The highest BCUT2D eigenvalue weighted by molar-refractivity contribution is 5.80. The standard InChI is InChI=1S/C12H27N3O/c1-6-10(7-11(13)15-16)14-8-12(4,5)9(2)3/h9-10,14,16H,6-8H2,1-5H3,(H2,13,15). The minimum atomic E-state index is 0.262. The Hall–Kier alpha value is -0.770. The van der Waals surface area contributed by atoms with E-state index >= 15 is 0 Å². The van der Waals surface area contributed by atoms with Crippen molar-refractivity contribution in [3.05, 3.63) is 0 Å². The predicted molar refractivity (Wildman–Crippen MR) is 68.7 cm³/mol. The van der Waals surface area contributed by atoms with Crippen molar-refractivity contribution in [2.24, 2.45) is 22.2 Å². The molecule has 0 heterocycles. The summed E-state index contributed by atoms with van der Waals surface area (Å²) in [4.78, 5) is 0. The van der Waals surface area contributed by atoms with Crippen molar-refractivity contribution in [3.8, 4) is 0 Å². The van der Waals surface area contributed by atoms with Crippen LogP contribution in [0.25, 0.3) is 0 Å². The van der Waals surface area contributed by atoms with Crippen molar-refractivity contribution >= 4 is 5.84 Å². The van der Waals surface area contributed by atoms with E-state index in [4.69, 9.17) is 10.9 Å². The fraction of sp³-hybridized carbons (Fsp3) is 0.917. The molecule has 1 unspecified atom stereocenters. The Morgan fingerprint density at radius 2 is 2.00 bits per heavy atom. The second kappa shape index (κ2) is 6.74. The molecule has 0 aromatic carbocycles. The largest absolute Gasteiger partial charge is 0.409 e. The minimum absolute atomic E-state index is 0.262. The van der Waals surface area contributed by atoms with Gasteiger partial charge < -0.3 is 16.3 Å². The van der Waals surface area contributed by atoms with Crippen LogP contribution in [0.4, 0.5) is 0 Å². The highest BCUT2D eigenvalue weighted by atomic mass is 16.4. The lowest BCUT2D eigenvalue weighted by Crippen LogP contribution is -2.41. The van der Waals surface area contributed by atoms with E-state index in [-0.39, 0.29) is 11.5 Å². The minimum Gasteiger partial charge on any atom is -0.409 e. The molecule has 0 fully saturated rings. The number of hydrogen-bond donors (Lipinski definition) is 3. The van der Waals surface area contributed by atoms with Gasteiger partial charge in [-0.15, -0.1) is 0 Å². The molecule has 96 valence electrons. The molecule has 16 heavy (non-hydrogen) atoms. The summed E-state index contributed by atoms with van der Waals surface area (Å²) in [5.41, 5.74) is 5.77. The molecule has 4 N–H and O–H groups in total. The lowest BCUT2D eigenvalue weighted by Gasteiger charge is -2.31. The van der Waals surface area contributed by atoms with E-state index in [1.165, 1.54) is 0 Å². The van der Waals surface area contributed by atoms with Gasteiger partial charge in [-0.2, -0.15) is 0 Å². The molecule has 0 saturated heterocycles. The summed E-state index contributed by atoms with van der Waals surface area (Å²) in [7, 11) is 0. The van der Waals surface area contributed by atoms with Gasteiger partial charge >= 0.3 is 0 Å². The molecule has 0 saturated carbocycles. The zero-order chi connectivity index (χ0) is 12.8. The first-order chi connectivity index (χ1) is 7.33. The first kappa shape index (κ1) is 15.2. The highest BCUT2D eigenvalue weighted by Crippen LogP contribution is 2.25. The summed E-state index contributed by atoms with van der Waals surface area (Å²) in [5, 5.41) is 15.0. The van der Waals surface area contributed by atoms with Gasteiger partial charge in [-0.05, 0) is 17.8 Å². The van der Waals surface area contributed by atoms with Crippen molar-refractivity contribution in [3.63, 3.8) is 0 Å². The van der Waals surface area contributed by atoms with Crippen LogP contribution in [0.15, 0.2) is 5.16 Å². The summed E-state index contributed by atoms with van der Waals surface area (Å²) < 4.78 is 0. The van der Waals surface area contributed by atoms with E-state index < -0.39 is 0 Å². The monoisotopic (exact) mass is 229 g/mol. The Labute approximate surface area is 99.3 Å². The van der Waals surface area contributed by atoms with Gasteiger partial charge in [0.25, 0.3) is 0 Å². The smallest absolute Gasteiger partial charge is 0.140 e. The van der Waals surface area contributed by atoms with Gasteiger partial charge in [0.1, 0.15) is 5.84 Å². The Morgan fingerprint density at radius 1 is 1.44 bits per heavy atom. The number of nitrogens with zero attached hydrogens (tertiary/aromatic N) is 1. The number of nitrogens with two attached hydrogens (primary N) is 1. The van der Waals surface area contributed by atoms with Gasteiger partial charge in [-0.3, -0.25) is 0 Å². The molecule has 4 nitrogen and oxygen atoms in total. The molecular formula is C12H27N3O. The summed E-state index contributed by atoms with van der Waals surface area (Å²) >= 11 is 0. The molecule has 0 aliphatic carbocycles. The first-order valence-electron chi connectivity index (χ1n) is 6.03. The molecule has 1 atom stereocenters. The number of hydrogen-bond acceptors (Lipinski definition) is 3. The first-order valence-corrected chi connectivity index (χ1v) is 6.03. The highest BCUT2D eigenvalue weighted by Gasteiger charge is 2.23. The second-order valence-corrected chi connectivity index (χ2v) is 5.42. The van der Waals surface area contributed by atoms with E-state index in [9.17, 15) is 0 Å². The molecule has 0 aromatic rings. The van der Waals surface area contributed by atoms with E-state index in [0.717, 1.165) is 13.0 Å². The van der Waals surface area contributed by atoms with Gasteiger partial charge in [0.15, 0.2) is 0 Å². The van der Waals surface area contributed by atoms with Crippen LogP contribution in [0, 0.1) is 11.3 Å². The van der Waals surface area contributed by atoms with Crippen LogP contribution >= 0.6 is 0 Å². The fourth-order valence-electron chi connectivity index (χ4n) is 1.27. The van der Waals surface area contributed by atoms with Crippen molar-refractivity contribution in [2.45, 2.75) is 53.5 Å². The molecule has 0 aliphatic heterocycles. The summed E-state index contributed by atoms with van der Waals surface area (Å²) in [6.07, 6.45) is 1.57. The van der Waals surface area contributed by atoms with E-state index in [1.54, 1.807) is 0 Å². The Balaban J connectivity index is 4.15. The number of amidine groups is 1.